The van der Waals surface area contributed by atoms with Crippen molar-refractivity contribution in [2.24, 2.45) is 10.9 Å². The van der Waals surface area contributed by atoms with E-state index < -0.39 is 0 Å². The van der Waals surface area contributed by atoms with Gasteiger partial charge in [-0.25, -0.2) is 0 Å². The Morgan fingerprint density at radius 1 is 0.973 bits per heavy atom. The number of carbonyl (C=O) groups is 1. The van der Waals surface area contributed by atoms with Crippen LogP contribution in [0, 0.1) is 5.92 Å². The van der Waals surface area contributed by atoms with Crippen molar-refractivity contribution in [3.05, 3.63) is 93.2 Å². The van der Waals surface area contributed by atoms with Crippen LogP contribution < -0.4 is 10.6 Å². The average Bonchev–Trinajstić information content (AvgIpc) is 2.86. The Morgan fingerprint density at radius 2 is 1.65 bits per heavy atom. The zero-order chi connectivity index (χ0) is 27.4. The highest BCUT2D eigenvalue weighted by atomic mass is 16.3. The van der Waals surface area contributed by atoms with Crippen molar-refractivity contribution in [2.45, 2.75) is 80.5 Å². The van der Waals surface area contributed by atoms with E-state index in [1.807, 2.05) is 38.3 Å². The summed E-state index contributed by atoms with van der Waals surface area (Å²) >= 11 is 0. The van der Waals surface area contributed by atoms with Crippen molar-refractivity contribution in [3.8, 4) is 0 Å². The van der Waals surface area contributed by atoms with E-state index in [9.17, 15) is 9.90 Å². The quantitative estimate of drug-likeness (QED) is 0.224. The summed E-state index contributed by atoms with van der Waals surface area (Å²) in [7, 11) is 0. The van der Waals surface area contributed by atoms with Crippen LogP contribution in [0.4, 0.5) is 0 Å². The summed E-state index contributed by atoms with van der Waals surface area (Å²) in [6.07, 6.45) is 4.99. The van der Waals surface area contributed by atoms with Gasteiger partial charge in [-0.05, 0) is 80.3 Å². The zero-order valence-corrected chi connectivity index (χ0v) is 23.7. The highest BCUT2D eigenvalue weighted by Crippen LogP contribution is 2.19. The summed E-state index contributed by atoms with van der Waals surface area (Å²) < 4.78 is 0. The SMILES string of the molecule is C/C=N\C(CNCc1ccc(CNC(=O)C(C)c2ccc(CC(C)C)cc2)cc1CO)=C(\C)C=C(C)C. The van der Waals surface area contributed by atoms with Crippen molar-refractivity contribution in [2.75, 3.05) is 6.54 Å². The minimum absolute atomic E-state index is 0.00423. The third kappa shape index (κ3) is 10.1. The number of nitrogens with zero attached hydrogens (tertiary/aromatic N) is 1. The van der Waals surface area contributed by atoms with E-state index in [4.69, 9.17) is 0 Å². The summed E-state index contributed by atoms with van der Waals surface area (Å²) in [6, 6.07) is 14.4. The minimum atomic E-state index is -0.225. The molecule has 0 heterocycles. The lowest BCUT2D eigenvalue weighted by Gasteiger charge is -2.15. The number of aliphatic hydroxyl groups is 1. The molecule has 0 aliphatic rings. The topological polar surface area (TPSA) is 73.7 Å². The van der Waals surface area contributed by atoms with Crippen LogP contribution in [0.25, 0.3) is 0 Å². The molecule has 1 unspecified atom stereocenters. The van der Waals surface area contributed by atoms with Gasteiger partial charge in [-0.1, -0.05) is 68.0 Å². The first-order valence-corrected chi connectivity index (χ1v) is 13.3. The number of aliphatic hydroxyl groups excluding tert-OH is 1. The van der Waals surface area contributed by atoms with Gasteiger partial charge < -0.3 is 15.7 Å². The molecule has 37 heavy (non-hydrogen) atoms. The Bertz CT molecular complexity index is 1110. The number of aliphatic imine (C=N–C) groups is 1. The average molecular weight is 504 g/mol. The van der Waals surface area contributed by atoms with Gasteiger partial charge in [0.1, 0.15) is 0 Å². The fourth-order valence-corrected chi connectivity index (χ4v) is 4.29. The second kappa shape index (κ2) is 15.3. The minimum Gasteiger partial charge on any atom is -0.392 e. The summed E-state index contributed by atoms with van der Waals surface area (Å²) in [5.74, 6) is 0.381. The molecule has 0 bridgehead atoms. The molecule has 5 heteroatoms. The summed E-state index contributed by atoms with van der Waals surface area (Å²) in [4.78, 5) is 17.3. The fourth-order valence-electron chi connectivity index (χ4n) is 4.29. The van der Waals surface area contributed by atoms with Gasteiger partial charge >= 0.3 is 0 Å². The normalized spacial score (nSPS) is 13.0. The first-order chi connectivity index (χ1) is 17.6. The van der Waals surface area contributed by atoms with Gasteiger partial charge in [0.15, 0.2) is 0 Å². The molecule has 2 rings (SSSR count). The van der Waals surface area contributed by atoms with Crippen LogP contribution in [0.1, 0.15) is 82.2 Å². The van der Waals surface area contributed by atoms with Crippen LogP contribution in [0.15, 0.2) is 70.4 Å². The Balaban J connectivity index is 1.97. The molecule has 0 saturated carbocycles. The molecule has 0 aromatic heterocycles. The maximum absolute atomic E-state index is 12.8. The number of amides is 1. The first-order valence-electron chi connectivity index (χ1n) is 13.3. The van der Waals surface area contributed by atoms with E-state index in [0.717, 1.165) is 39.9 Å². The predicted octanol–water partition coefficient (Wildman–Crippen LogP) is 6.22. The highest BCUT2D eigenvalue weighted by Gasteiger charge is 2.15. The van der Waals surface area contributed by atoms with Crippen molar-refractivity contribution in [1.29, 1.82) is 0 Å². The lowest BCUT2D eigenvalue weighted by molar-refractivity contribution is -0.122. The molecule has 0 aliphatic carbocycles. The molecule has 0 fully saturated rings. The molecule has 1 atom stereocenters. The van der Waals surface area contributed by atoms with Crippen LogP contribution in [0.5, 0.6) is 0 Å². The fraction of sp³-hybridized carbons (Fsp3) is 0.438. The number of nitrogens with one attached hydrogen (secondary N) is 2. The van der Waals surface area contributed by atoms with Crippen molar-refractivity contribution >= 4 is 12.1 Å². The molecule has 5 nitrogen and oxygen atoms in total. The van der Waals surface area contributed by atoms with E-state index in [2.05, 4.69) is 80.6 Å². The molecule has 1 amide bonds. The van der Waals surface area contributed by atoms with E-state index in [1.165, 1.54) is 11.1 Å². The second-order valence-electron chi connectivity index (χ2n) is 10.4. The van der Waals surface area contributed by atoms with Crippen molar-refractivity contribution < 1.29 is 9.90 Å². The molecule has 200 valence electrons. The van der Waals surface area contributed by atoms with Crippen LogP contribution in [-0.2, 0) is 30.9 Å². The number of allylic oxidation sites excluding steroid dienone is 3. The molecule has 0 aliphatic heterocycles. The molecule has 3 N–H and O–H groups in total. The predicted molar refractivity (Wildman–Crippen MR) is 156 cm³/mol. The maximum atomic E-state index is 12.8. The number of benzene rings is 2. The number of hydrogen-bond donors (Lipinski definition) is 3. The largest absolute Gasteiger partial charge is 0.392 e. The Kier molecular flexibility index (Phi) is 12.5. The van der Waals surface area contributed by atoms with Gasteiger partial charge in [0.2, 0.25) is 5.91 Å². The van der Waals surface area contributed by atoms with Gasteiger partial charge in [0, 0.05) is 25.8 Å². The summed E-state index contributed by atoms with van der Waals surface area (Å²) in [5.41, 5.74) is 8.55. The van der Waals surface area contributed by atoms with Crippen molar-refractivity contribution in [1.82, 2.24) is 10.6 Å². The molecule has 0 radical (unpaired) electrons. The standard InChI is InChI=1S/C32H45N3O2/c1-8-34-31(24(6)15-22(2)3)20-33-19-29-14-11-27(17-30(29)21-36)18-35-32(37)25(7)28-12-9-26(10-13-28)16-23(4)5/h8-15,17,23,25,33,36H,16,18-21H2,1-7H3,(H,35,37)/b31-24-,34-8-. The number of rotatable bonds is 13. The molecular weight excluding hydrogens is 458 g/mol. The molecule has 2 aromatic carbocycles. The van der Waals surface area contributed by atoms with Gasteiger partial charge in [-0.2, -0.15) is 0 Å². The number of carbonyl (C=O) groups excluding carboxylic acids is 1. The van der Waals surface area contributed by atoms with Crippen LogP contribution >= 0.6 is 0 Å². The first kappa shape index (κ1) is 30.2. The van der Waals surface area contributed by atoms with E-state index >= 15 is 0 Å². The molecule has 2 aromatic rings. The zero-order valence-electron chi connectivity index (χ0n) is 23.7. The molecule has 0 spiro atoms. The van der Waals surface area contributed by atoms with E-state index in [0.29, 0.717) is 25.6 Å². The molecular formula is C32H45N3O2. The lowest BCUT2D eigenvalue weighted by atomic mass is 9.96. The van der Waals surface area contributed by atoms with E-state index in [1.54, 1.807) is 0 Å². The third-order valence-corrected chi connectivity index (χ3v) is 6.28. The van der Waals surface area contributed by atoms with E-state index in [-0.39, 0.29) is 18.4 Å². The van der Waals surface area contributed by atoms with Crippen LogP contribution in [0.2, 0.25) is 0 Å². The van der Waals surface area contributed by atoms with Gasteiger partial charge in [-0.3, -0.25) is 9.79 Å². The van der Waals surface area contributed by atoms with Crippen LogP contribution in [-0.4, -0.2) is 23.8 Å². The third-order valence-electron chi connectivity index (χ3n) is 6.28. The van der Waals surface area contributed by atoms with Gasteiger partial charge in [0.25, 0.3) is 0 Å². The monoisotopic (exact) mass is 503 g/mol. The van der Waals surface area contributed by atoms with Crippen LogP contribution in [0.3, 0.4) is 0 Å². The van der Waals surface area contributed by atoms with Gasteiger partial charge in [-0.15, -0.1) is 0 Å². The number of hydrogen-bond acceptors (Lipinski definition) is 4. The maximum Gasteiger partial charge on any atom is 0.227 e. The smallest absolute Gasteiger partial charge is 0.227 e. The Labute approximate surface area is 223 Å². The van der Waals surface area contributed by atoms with Crippen molar-refractivity contribution in [3.63, 3.8) is 0 Å². The second-order valence-corrected chi connectivity index (χ2v) is 10.4. The summed E-state index contributed by atoms with van der Waals surface area (Å²) in [6.45, 7) is 16.1. The lowest BCUT2D eigenvalue weighted by Crippen LogP contribution is -2.27. The van der Waals surface area contributed by atoms with Gasteiger partial charge in [0.05, 0.1) is 18.2 Å². The Morgan fingerprint density at radius 3 is 2.24 bits per heavy atom. The highest BCUT2D eigenvalue weighted by molar-refractivity contribution is 5.83. The Hall–Kier alpha value is -3.02. The molecule has 0 saturated heterocycles. The summed E-state index contributed by atoms with van der Waals surface area (Å²) in [5, 5.41) is 16.5.